The van der Waals surface area contributed by atoms with Gasteiger partial charge in [-0.15, -0.1) is 0 Å². The fourth-order valence-corrected chi connectivity index (χ4v) is 3.68. The number of carbonyl (C=O) groups is 2. The molecule has 0 fully saturated rings. The van der Waals surface area contributed by atoms with E-state index in [1.165, 1.54) is 6.20 Å². The van der Waals surface area contributed by atoms with Crippen LogP contribution in [-0.2, 0) is 4.79 Å². The van der Waals surface area contributed by atoms with Crippen LogP contribution in [0.1, 0.15) is 76.6 Å². The van der Waals surface area contributed by atoms with Crippen LogP contribution >= 0.6 is 0 Å². The molecule has 2 N–H and O–H groups in total. The Morgan fingerprint density at radius 1 is 1.09 bits per heavy atom. The molecule has 1 aromatic heterocycles. The van der Waals surface area contributed by atoms with Crippen molar-refractivity contribution in [2.24, 2.45) is 0 Å². The molecule has 0 atom stereocenters. The monoisotopic (exact) mass is 463 g/mol. The number of rotatable bonds is 12. The molecule has 0 radical (unpaired) electrons. The summed E-state index contributed by atoms with van der Waals surface area (Å²) in [6.45, 7) is 8.27. The number of amides is 2. The standard InChI is InChI=1S/C28H37N3O3/c1-5-8-10-11-15-23(31(21(4)32)18-9-6-2)19-22(14-7-3)30-28(34)25-20-29-26-17-13-12-16-24(26)27(25)33/h7,12-17,19-20H,5-6,8-11,18H2,1-4H3,(H,29,33)(H,30,34)/b14-7-,22-19+,23-15-. The molecule has 1 heterocycles. The van der Waals surface area contributed by atoms with E-state index in [9.17, 15) is 14.4 Å². The first-order valence-electron chi connectivity index (χ1n) is 12.2. The predicted octanol–water partition coefficient (Wildman–Crippen LogP) is 5.83. The smallest absolute Gasteiger partial charge is 0.261 e. The Morgan fingerprint density at radius 3 is 2.50 bits per heavy atom. The van der Waals surface area contributed by atoms with Crippen molar-refractivity contribution in [1.82, 2.24) is 15.2 Å². The molecule has 6 heteroatoms. The van der Waals surface area contributed by atoms with Crippen molar-refractivity contribution in [3.63, 3.8) is 0 Å². The van der Waals surface area contributed by atoms with Gasteiger partial charge in [0.2, 0.25) is 11.3 Å². The van der Waals surface area contributed by atoms with Crippen molar-refractivity contribution in [2.75, 3.05) is 6.54 Å². The van der Waals surface area contributed by atoms with Gasteiger partial charge < -0.3 is 15.2 Å². The fraction of sp³-hybridized carbons (Fsp3) is 0.393. The Hall–Kier alpha value is -3.41. The van der Waals surface area contributed by atoms with Crippen LogP contribution in [0.2, 0.25) is 0 Å². The summed E-state index contributed by atoms with van der Waals surface area (Å²) in [5.41, 5.74) is 1.67. The van der Waals surface area contributed by atoms with Crippen molar-refractivity contribution in [2.45, 2.75) is 66.2 Å². The van der Waals surface area contributed by atoms with Gasteiger partial charge in [0.15, 0.2) is 0 Å². The van der Waals surface area contributed by atoms with Crippen LogP contribution in [0, 0.1) is 0 Å². The zero-order valence-corrected chi connectivity index (χ0v) is 20.8. The van der Waals surface area contributed by atoms with Crippen molar-refractivity contribution in [1.29, 1.82) is 0 Å². The summed E-state index contributed by atoms with van der Waals surface area (Å²) in [7, 11) is 0. The largest absolute Gasteiger partial charge is 0.360 e. The number of nitrogens with zero attached hydrogens (tertiary/aromatic N) is 1. The Morgan fingerprint density at radius 2 is 1.82 bits per heavy atom. The minimum absolute atomic E-state index is 0.0384. The van der Waals surface area contributed by atoms with Gasteiger partial charge in [-0.2, -0.15) is 0 Å². The lowest BCUT2D eigenvalue weighted by molar-refractivity contribution is -0.126. The number of pyridine rings is 1. The highest BCUT2D eigenvalue weighted by Crippen LogP contribution is 2.15. The van der Waals surface area contributed by atoms with Gasteiger partial charge in [-0.05, 0) is 50.5 Å². The quantitative estimate of drug-likeness (QED) is 0.307. The molecule has 1 aromatic carbocycles. The molecule has 2 amide bonds. The van der Waals surface area contributed by atoms with Gasteiger partial charge in [-0.1, -0.05) is 57.4 Å². The SMILES string of the molecule is C\C=C/C(=C\C(=C\CCCCC)N(CCCC)C(C)=O)NC(=O)c1c[nH]c2ccccc2c1=O. The topological polar surface area (TPSA) is 82.3 Å². The Labute approximate surface area is 202 Å². The number of carbonyl (C=O) groups excluding carboxylic acids is 2. The molecule has 0 bridgehead atoms. The van der Waals surface area contributed by atoms with E-state index in [0.29, 0.717) is 23.1 Å². The molecule has 34 heavy (non-hydrogen) atoms. The number of H-pyrrole nitrogens is 1. The summed E-state index contributed by atoms with van der Waals surface area (Å²) >= 11 is 0. The van der Waals surface area contributed by atoms with Gasteiger partial charge in [0.25, 0.3) is 5.91 Å². The molecule has 0 aliphatic carbocycles. The summed E-state index contributed by atoms with van der Waals surface area (Å²) < 4.78 is 0. The van der Waals surface area contributed by atoms with Gasteiger partial charge in [-0.25, -0.2) is 0 Å². The maximum absolute atomic E-state index is 13.0. The van der Waals surface area contributed by atoms with E-state index in [0.717, 1.165) is 44.2 Å². The third-order valence-corrected chi connectivity index (χ3v) is 5.53. The van der Waals surface area contributed by atoms with Crippen LogP contribution in [0.5, 0.6) is 0 Å². The lowest BCUT2D eigenvalue weighted by Gasteiger charge is -2.23. The highest BCUT2D eigenvalue weighted by molar-refractivity contribution is 5.98. The van der Waals surface area contributed by atoms with Crippen LogP contribution in [0.3, 0.4) is 0 Å². The van der Waals surface area contributed by atoms with Crippen LogP contribution in [-0.4, -0.2) is 28.2 Å². The second-order valence-electron chi connectivity index (χ2n) is 8.28. The second kappa shape index (κ2) is 14.0. The van der Waals surface area contributed by atoms with E-state index in [1.54, 1.807) is 36.1 Å². The fourth-order valence-electron chi connectivity index (χ4n) is 3.68. The van der Waals surface area contributed by atoms with E-state index in [-0.39, 0.29) is 16.9 Å². The average Bonchev–Trinajstić information content (AvgIpc) is 2.82. The van der Waals surface area contributed by atoms with E-state index >= 15 is 0 Å². The highest BCUT2D eigenvalue weighted by Gasteiger charge is 2.16. The van der Waals surface area contributed by atoms with E-state index < -0.39 is 5.91 Å². The van der Waals surface area contributed by atoms with Crippen molar-refractivity contribution >= 4 is 22.7 Å². The van der Waals surface area contributed by atoms with Crippen molar-refractivity contribution in [3.8, 4) is 0 Å². The predicted molar refractivity (Wildman–Crippen MR) is 139 cm³/mol. The van der Waals surface area contributed by atoms with Crippen LogP contribution in [0.25, 0.3) is 10.9 Å². The third-order valence-electron chi connectivity index (χ3n) is 5.53. The molecule has 0 unspecified atom stereocenters. The molecule has 2 aromatic rings. The number of unbranched alkanes of at least 4 members (excludes halogenated alkanes) is 4. The summed E-state index contributed by atoms with van der Waals surface area (Å²) in [6.07, 6.45) is 14.9. The minimum Gasteiger partial charge on any atom is -0.360 e. The van der Waals surface area contributed by atoms with E-state index in [2.05, 4.69) is 30.2 Å². The Balaban J connectivity index is 2.40. The number of aromatic nitrogens is 1. The lowest BCUT2D eigenvalue weighted by atomic mass is 10.1. The summed E-state index contributed by atoms with van der Waals surface area (Å²) in [6, 6.07) is 7.10. The first kappa shape index (κ1) is 26.8. The number of para-hydroxylation sites is 1. The zero-order valence-electron chi connectivity index (χ0n) is 20.8. The minimum atomic E-state index is -0.496. The molecule has 182 valence electrons. The molecule has 0 saturated carbocycles. The molecule has 6 nitrogen and oxygen atoms in total. The van der Waals surface area contributed by atoms with Crippen LogP contribution in [0.4, 0.5) is 0 Å². The number of allylic oxidation sites excluding steroid dienone is 4. The maximum atomic E-state index is 13.0. The number of aromatic amines is 1. The normalized spacial score (nSPS) is 12.4. The maximum Gasteiger partial charge on any atom is 0.261 e. The molecular weight excluding hydrogens is 426 g/mol. The summed E-state index contributed by atoms with van der Waals surface area (Å²) in [5, 5.41) is 3.32. The summed E-state index contributed by atoms with van der Waals surface area (Å²) in [5.74, 6) is -0.534. The zero-order chi connectivity index (χ0) is 24.9. The Bertz CT molecular complexity index is 1130. The first-order valence-corrected chi connectivity index (χ1v) is 12.2. The van der Waals surface area contributed by atoms with Crippen molar-refractivity contribution in [3.05, 3.63) is 81.9 Å². The van der Waals surface area contributed by atoms with Crippen LogP contribution in [0.15, 0.2) is 71.0 Å². The molecule has 0 saturated heterocycles. The van der Waals surface area contributed by atoms with Gasteiger partial charge in [0.1, 0.15) is 5.56 Å². The third kappa shape index (κ3) is 7.58. The lowest BCUT2D eigenvalue weighted by Crippen LogP contribution is -2.31. The number of hydrogen-bond acceptors (Lipinski definition) is 3. The van der Waals surface area contributed by atoms with Crippen molar-refractivity contribution < 1.29 is 9.59 Å². The molecule has 2 rings (SSSR count). The van der Waals surface area contributed by atoms with E-state index in [4.69, 9.17) is 0 Å². The molecule has 0 aliphatic rings. The van der Waals surface area contributed by atoms with E-state index in [1.807, 2.05) is 25.1 Å². The van der Waals surface area contributed by atoms with Crippen LogP contribution < -0.4 is 10.7 Å². The number of benzene rings is 1. The van der Waals surface area contributed by atoms with Gasteiger partial charge in [0, 0.05) is 42.0 Å². The van der Waals surface area contributed by atoms with Gasteiger partial charge in [-0.3, -0.25) is 14.4 Å². The average molecular weight is 464 g/mol. The molecular formula is C28H37N3O3. The number of hydrogen-bond donors (Lipinski definition) is 2. The first-order chi connectivity index (χ1) is 16.4. The number of fused-ring (bicyclic) bond motifs is 1. The van der Waals surface area contributed by atoms with Gasteiger partial charge in [0.05, 0.1) is 0 Å². The van der Waals surface area contributed by atoms with Gasteiger partial charge >= 0.3 is 0 Å². The molecule has 0 aliphatic heterocycles. The summed E-state index contributed by atoms with van der Waals surface area (Å²) in [4.78, 5) is 43.1. The number of nitrogens with one attached hydrogen (secondary N) is 2. The molecule has 0 spiro atoms. The Kier molecular flexibility index (Phi) is 11.0. The second-order valence-corrected chi connectivity index (χ2v) is 8.28. The highest BCUT2D eigenvalue weighted by atomic mass is 16.2.